The Hall–Kier alpha value is -2.43. The van der Waals surface area contributed by atoms with E-state index in [4.69, 9.17) is 0 Å². The fourth-order valence-corrected chi connectivity index (χ4v) is 1.53. The molecule has 0 aliphatic heterocycles. The Bertz CT molecular complexity index is 570. The highest BCUT2D eigenvalue weighted by atomic mass is 16.5. The van der Waals surface area contributed by atoms with E-state index in [1.807, 2.05) is 31.3 Å². The predicted molar refractivity (Wildman–Crippen MR) is 67.8 cm³/mol. The maximum absolute atomic E-state index is 11.3. The molecule has 2 rings (SSSR count). The molecule has 0 unspecified atom stereocenters. The van der Waals surface area contributed by atoms with E-state index in [0.717, 1.165) is 11.3 Å². The molecule has 0 saturated carbocycles. The highest BCUT2D eigenvalue weighted by Gasteiger charge is 2.07. The summed E-state index contributed by atoms with van der Waals surface area (Å²) in [6, 6.07) is 7.04. The number of aromatic nitrogens is 3. The van der Waals surface area contributed by atoms with Crippen LogP contribution in [0.25, 0.3) is 17.5 Å². The number of allylic oxidation sites excluding steroid dienone is 1. The highest BCUT2D eigenvalue weighted by Crippen LogP contribution is 2.17. The zero-order valence-corrected chi connectivity index (χ0v) is 10.2. The minimum atomic E-state index is -0.348. The second-order valence-electron chi connectivity index (χ2n) is 3.64. The minimum absolute atomic E-state index is 0.348. The van der Waals surface area contributed by atoms with Crippen molar-refractivity contribution in [1.29, 1.82) is 0 Å². The molecule has 5 heteroatoms. The number of carbonyl (C=O) groups is 1. The number of hydrogen-bond donors (Lipinski definition) is 0. The summed E-state index contributed by atoms with van der Waals surface area (Å²) in [4.78, 5) is 11.3. The van der Waals surface area contributed by atoms with Gasteiger partial charge in [0.15, 0.2) is 0 Å². The van der Waals surface area contributed by atoms with Crippen molar-refractivity contribution in [2.75, 3.05) is 7.11 Å². The molecule has 1 aromatic carbocycles. The number of ether oxygens (including phenoxy) is 1. The Kier molecular flexibility index (Phi) is 3.52. The van der Waals surface area contributed by atoms with Crippen molar-refractivity contribution in [1.82, 2.24) is 15.0 Å². The van der Waals surface area contributed by atoms with Crippen LogP contribution in [0.5, 0.6) is 0 Å². The van der Waals surface area contributed by atoms with Crippen molar-refractivity contribution in [3.8, 4) is 11.3 Å². The highest BCUT2D eigenvalue weighted by molar-refractivity contribution is 5.89. The molecule has 1 aromatic heterocycles. The first-order valence-electron chi connectivity index (χ1n) is 5.48. The second-order valence-corrected chi connectivity index (χ2v) is 3.64. The van der Waals surface area contributed by atoms with Gasteiger partial charge in [0, 0.05) is 11.8 Å². The molecule has 0 N–H and O–H groups in total. The number of rotatable bonds is 3. The Balaban J connectivity index is 2.25. The number of hydrogen-bond acceptors (Lipinski definition) is 4. The topological polar surface area (TPSA) is 57.0 Å². The van der Waals surface area contributed by atoms with Crippen LogP contribution in [0, 0.1) is 0 Å². The van der Waals surface area contributed by atoms with Crippen LogP contribution in [0.1, 0.15) is 17.3 Å². The van der Waals surface area contributed by atoms with Gasteiger partial charge in [-0.1, -0.05) is 23.4 Å². The van der Waals surface area contributed by atoms with Gasteiger partial charge < -0.3 is 4.74 Å². The average Bonchev–Trinajstić information content (AvgIpc) is 2.87. The molecule has 92 valence electrons. The summed E-state index contributed by atoms with van der Waals surface area (Å²) in [5.41, 5.74) is 2.17. The van der Waals surface area contributed by atoms with Gasteiger partial charge in [-0.25, -0.2) is 9.48 Å². The Morgan fingerprint density at radius 3 is 2.67 bits per heavy atom. The molecule has 0 spiro atoms. The smallest absolute Gasteiger partial charge is 0.337 e. The first-order chi connectivity index (χ1) is 8.74. The van der Waals surface area contributed by atoms with E-state index in [1.165, 1.54) is 7.11 Å². The Morgan fingerprint density at radius 2 is 2.06 bits per heavy atom. The number of benzene rings is 1. The average molecular weight is 243 g/mol. The van der Waals surface area contributed by atoms with Crippen molar-refractivity contribution >= 4 is 12.2 Å². The van der Waals surface area contributed by atoms with Crippen LogP contribution in [0.2, 0.25) is 0 Å². The van der Waals surface area contributed by atoms with Crippen molar-refractivity contribution < 1.29 is 9.53 Å². The summed E-state index contributed by atoms with van der Waals surface area (Å²) in [6.07, 6.45) is 5.49. The van der Waals surface area contributed by atoms with E-state index < -0.39 is 0 Å². The van der Waals surface area contributed by atoms with Gasteiger partial charge in [-0.05, 0) is 19.1 Å². The van der Waals surface area contributed by atoms with E-state index in [1.54, 1.807) is 23.0 Å². The maximum atomic E-state index is 11.3. The van der Waals surface area contributed by atoms with Crippen LogP contribution in [0.3, 0.4) is 0 Å². The van der Waals surface area contributed by atoms with Crippen molar-refractivity contribution in [3.05, 3.63) is 42.1 Å². The summed E-state index contributed by atoms with van der Waals surface area (Å²) in [5, 5.41) is 7.99. The Morgan fingerprint density at radius 1 is 1.33 bits per heavy atom. The Labute approximate surface area is 105 Å². The summed E-state index contributed by atoms with van der Waals surface area (Å²) in [6.45, 7) is 1.91. The lowest BCUT2D eigenvalue weighted by atomic mass is 10.1. The van der Waals surface area contributed by atoms with Gasteiger partial charge in [0.1, 0.15) is 5.69 Å². The molecule has 0 bridgehead atoms. The molecule has 0 aliphatic carbocycles. The quantitative estimate of drug-likeness (QED) is 0.775. The lowest BCUT2D eigenvalue weighted by Crippen LogP contribution is -2.00. The predicted octanol–water partition coefficient (Wildman–Crippen LogP) is 2.22. The van der Waals surface area contributed by atoms with Crippen LogP contribution >= 0.6 is 0 Å². The molecule has 5 nitrogen and oxygen atoms in total. The van der Waals surface area contributed by atoms with Crippen LogP contribution in [0.4, 0.5) is 0 Å². The monoisotopic (exact) mass is 243 g/mol. The number of nitrogens with zero attached hydrogens (tertiary/aromatic N) is 3. The molecule has 0 saturated heterocycles. The lowest BCUT2D eigenvalue weighted by molar-refractivity contribution is 0.0601. The van der Waals surface area contributed by atoms with E-state index in [-0.39, 0.29) is 5.97 Å². The number of methoxy groups -OCH3 is 1. The van der Waals surface area contributed by atoms with E-state index in [9.17, 15) is 4.79 Å². The zero-order chi connectivity index (χ0) is 13.0. The molecular formula is C13H13N3O2. The molecule has 0 atom stereocenters. The van der Waals surface area contributed by atoms with E-state index in [2.05, 4.69) is 15.0 Å². The summed E-state index contributed by atoms with van der Waals surface area (Å²) in [5.74, 6) is -0.348. The second kappa shape index (κ2) is 5.27. The molecule has 2 aromatic rings. The van der Waals surface area contributed by atoms with Gasteiger partial charge in [0.25, 0.3) is 0 Å². The fraction of sp³-hybridized carbons (Fsp3) is 0.154. The third-order valence-corrected chi connectivity index (χ3v) is 2.41. The summed E-state index contributed by atoms with van der Waals surface area (Å²) in [7, 11) is 1.36. The molecule has 1 heterocycles. The standard InChI is InChI=1S/C13H13N3O2/c1-3-8-16-9-12(14-15-16)10-4-6-11(7-5-10)13(17)18-2/h3-9H,1-2H3/b8-3+. The van der Waals surface area contributed by atoms with E-state index >= 15 is 0 Å². The van der Waals surface area contributed by atoms with Gasteiger partial charge in [0.05, 0.1) is 18.9 Å². The molecule has 0 aliphatic rings. The van der Waals surface area contributed by atoms with Gasteiger partial charge in [-0.2, -0.15) is 0 Å². The minimum Gasteiger partial charge on any atom is -0.465 e. The SMILES string of the molecule is C/C=C/n1cc(-c2ccc(C(=O)OC)cc2)nn1. The largest absolute Gasteiger partial charge is 0.465 e. The van der Waals surface area contributed by atoms with Crippen molar-refractivity contribution in [2.24, 2.45) is 0 Å². The first kappa shape index (κ1) is 12.0. The number of esters is 1. The van der Waals surface area contributed by atoms with Gasteiger partial charge in [0.2, 0.25) is 0 Å². The maximum Gasteiger partial charge on any atom is 0.337 e. The zero-order valence-electron chi connectivity index (χ0n) is 10.2. The molecule has 0 radical (unpaired) electrons. The lowest BCUT2D eigenvalue weighted by Gasteiger charge is -1.99. The molecule has 18 heavy (non-hydrogen) atoms. The van der Waals surface area contributed by atoms with Gasteiger partial charge in [-0.3, -0.25) is 0 Å². The van der Waals surface area contributed by atoms with Gasteiger partial charge >= 0.3 is 5.97 Å². The third-order valence-electron chi connectivity index (χ3n) is 2.41. The molecule has 0 fully saturated rings. The normalized spacial score (nSPS) is 10.8. The third kappa shape index (κ3) is 2.45. The van der Waals surface area contributed by atoms with Crippen LogP contribution < -0.4 is 0 Å². The van der Waals surface area contributed by atoms with Crippen molar-refractivity contribution in [2.45, 2.75) is 6.92 Å². The van der Waals surface area contributed by atoms with E-state index in [0.29, 0.717) is 5.56 Å². The molecular weight excluding hydrogens is 230 g/mol. The van der Waals surface area contributed by atoms with Crippen LogP contribution in [-0.2, 0) is 4.74 Å². The first-order valence-corrected chi connectivity index (χ1v) is 5.48. The summed E-state index contributed by atoms with van der Waals surface area (Å²) < 4.78 is 6.27. The molecule has 0 amide bonds. The van der Waals surface area contributed by atoms with Crippen molar-refractivity contribution in [3.63, 3.8) is 0 Å². The van der Waals surface area contributed by atoms with Crippen LogP contribution in [0.15, 0.2) is 36.5 Å². The van der Waals surface area contributed by atoms with Crippen LogP contribution in [-0.4, -0.2) is 28.1 Å². The number of carbonyl (C=O) groups excluding carboxylic acids is 1. The summed E-state index contributed by atoms with van der Waals surface area (Å²) >= 11 is 0. The van der Waals surface area contributed by atoms with Gasteiger partial charge in [-0.15, -0.1) is 5.10 Å². The fourth-order valence-electron chi connectivity index (χ4n) is 1.53.